The van der Waals surface area contributed by atoms with E-state index < -0.39 is 0 Å². The number of hydrogen-bond acceptors (Lipinski definition) is 1. The summed E-state index contributed by atoms with van der Waals surface area (Å²) in [6, 6.07) is 0. The van der Waals surface area contributed by atoms with Crippen LogP contribution in [0.4, 0.5) is 0 Å². The van der Waals surface area contributed by atoms with Crippen molar-refractivity contribution in [2.45, 2.75) is 84.0 Å². The van der Waals surface area contributed by atoms with Gasteiger partial charge in [0.1, 0.15) is 5.78 Å². The van der Waals surface area contributed by atoms with Crippen LogP contribution in [0.2, 0.25) is 0 Å². The van der Waals surface area contributed by atoms with Gasteiger partial charge in [-0.15, -0.1) is 0 Å². The lowest BCUT2D eigenvalue weighted by Crippen LogP contribution is -2.08. The first-order valence-corrected chi connectivity index (χ1v) is 8.30. The first kappa shape index (κ1) is 14.1. The summed E-state index contributed by atoms with van der Waals surface area (Å²) in [4.78, 5) is 12.1. The van der Waals surface area contributed by atoms with E-state index in [1.807, 2.05) is 0 Å². The van der Waals surface area contributed by atoms with Crippen LogP contribution in [-0.4, -0.2) is 5.78 Å². The maximum atomic E-state index is 12.1. The highest BCUT2D eigenvalue weighted by Crippen LogP contribution is 2.44. The van der Waals surface area contributed by atoms with E-state index in [4.69, 9.17) is 0 Å². The molecule has 0 N–H and O–H groups in total. The zero-order valence-electron chi connectivity index (χ0n) is 12.1. The molecule has 0 saturated heterocycles. The van der Waals surface area contributed by atoms with Crippen LogP contribution in [0, 0.1) is 17.8 Å². The van der Waals surface area contributed by atoms with Crippen molar-refractivity contribution in [3.05, 3.63) is 0 Å². The summed E-state index contributed by atoms with van der Waals surface area (Å²) in [5.74, 6) is 2.46. The molecule has 0 heterocycles. The number of hydrogen-bond donors (Lipinski definition) is 0. The molecule has 104 valence electrons. The van der Waals surface area contributed by atoms with Crippen molar-refractivity contribution in [2.75, 3.05) is 0 Å². The highest BCUT2D eigenvalue weighted by molar-refractivity contribution is 5.83. The van der Waals surface area contributed by atoms with E-state index in [0.29, 0.717) is 17.6 Å². The number of ketones is 1. The number of Topliss-reactive ketones (excluding diaryl/α,β-unsaturated/α-hetero) is 1. The quantitative estimate of drug-likeness (QED) is 0.582. The predicted molar refractivity (Wildman–Crippen MR) is 76.6 cm³/mol. The lowest BCUT2D eigenvalue weighted by molar-refractivity contribution is -0.121. The van der Waals surface area contributed by atoms with Crippen molar-refractivity contribution >= 4 is 5.78 Å². The smallest absolute Gasteiger partial charge is 0.136 e. The van der Waals surface area contributed by atoms with E-state index in [1.54, 1.807) is 0 Å². The molecule has 0 aliphatic heterocycles. The SMILES string of the molecule is C[C@H]1CCCCCCCCCC[C@H]2C[C@@H]2C(=O)C1. The van der Waals surface area contributed by atoms with Gasteiger partial charge in [-0.25, -0.2) is 0 Å². The van der Waals surface area contributed by atoms with Crippen LogP contribution in [-0.2, 0) is 4.79 Å². The van der Waals surface area contributed by atoms with Crippen LogP contribution in [0.15, 0.2) is 0 Å². The van der Waals surface area contributed by atoms with Crippen LogP contribution >= 0.6 is 0 Å². The van der Waals surface area contributed by atoms with Crippen molar-refractivity contribution in [3.63, 3.8) is 0 Å². The summed E-state index contributed by atoms with van der Waals surface area (Å²) in [5.41, 5.74) is 0. The van der Waals surface area contributed by atoms with Gasteiger partial charge in [0.15, 0.2) is 0 Å². The minimum absolute atomic E-state index is 0.470. The molecule has 0 radical (unpaired) electrons. The topological polar surface area (TPSA) is 17.1 Å². The Labute approximate surface area is 113 Å². The minimum atomic E-state index is 0.470. The molecule has 0 bridgehead atoms. The molecular formula is C17H30O. The van der Waals surface area contributed by atoms with Crippen molar-refractivity contribution in [2.24, 2.45) is 17.8 Å². The molecule has 2 aliphatic carbocycles. The van der Waals surface area contributed by atoms with Gasteiger partial charge in [-0.05, 0) is 24.7 Å². The maximum absolute atomic E-state index is 12.1. The molecule has 0 aromatic rings. The molecule has 2 rings (SSSR count). The van der Waals surface area contributed by atoms with Crippen molar-refractivity contribution < 1.29 is 4.79 Å². The molecule has 0 aromatic heterocycles. The zero-order chi connectivity index (χ0) is 12.8. The molecule has 0 aromatic carbocycles. The largest absolute Gasteiger partial charge is 0.299 e. The van der Waals surface area contributed by atoms with Crippen LogP contribution in [0.5, 0.6) is 0 Å². The predicted octanol–water partition coefficient (Wildman–Crippen LogP) is 5.13. The molecule has 2 aliphatic rings. The van der Waals surface area contributed by atoms with Crippen LogP contribution in [0.3, 0.4) is 0 Å². The molecule has 3 atom stereocenters. The second kappa shape index (κ2) is 7.31. The zero-order valence-corrected chi connectivity index (χ0v) is 12.1. The number of carbonyl (C=O) groups is 1. The first-order chi connectivity index (χ1) is 8.77. The Morgan fingerprint density at radius 2 is 1.39 bits per heavy atom. The summed E-state index contributed by atoms with van der Waals surface area (Å²) in [7, 11) is 0. The number of rotatable bonds is 0. The van der Waals surface area contributed by atoms with Gasteiger partial charge < -0.3 is 0 Å². The van der Waals surface area contributed by atoms with Gasteiger partial charge in [0, 0.05) is 12.3 Å². The van der Waals surface area contributed by atoms with E-state index in [2.05, 4.69) is 6.92 Å². The molecule has 0 unspecified atom stereocenters. The third kappa shape index (κ3) is 4.74. The van der Waals surface area contributed by atoms with Gasteiger partial charge in [0.05, 0.1) is 0 Å². The second-order valence-electron chi connectivity index (χ2n) is 6.78. The van der Waals surface area contributed by atoms with Crippen LogP contribution in [0.25, 0.3) is 0 Å². The Morgan fingerprint density at radius 1 is 0.833 bits per heavy atom. The van der Waals surface area contributed by atoms with Gasteiger partial charge in [0.2, 0.25) is 0 Å². The van der Waals surface area contributed by atoms with Crippen molar-refractivity contribution in [1.29, 1.82) is 0 Å². The second-order valence-corrected chi connectivity index (χ2v) is 6.78. The third-order valence-corrected chi connectivity index (χ3v) is 4.91. The highest BCUT2D eigenvalue weighted by atomic mass is 16.1. The number of fused-ring (bicyclic) bond motifs is 1. The van der Waals surface area contributed by atoms with Gasteiger partial charge >= 0.3 is 0 Å². The fourth-order valence-electron chi connectivity index (χ4n) is 3.52. The normalized spacial score (nSPS) is 36.3. The lowest BCUT2D eigenvalue weighted by atomic mass is 9.95. The van der Waals surface area contributed by atoms with Gasteiger partial charge in [0.25, 0.3) is 0 Å². The van der Waals surface area contributed by atoms with E-state index in [9.17, 15) is 4.79 Å². The van der Waals surface area contributed by atoms with E-state index in [-0.39, 0.29) is 0 Å². The Hall–Kier alpha value is -0.330. The Kier molecular flexibility index (Phi) is 5.72. The molecule has 0 amide bonds. The van der Waals surface area contributed by atoms with E-state index in [0.717, 1.165) is 12.3 Å². The molecular weight excluding hydrogens is 220 g/mol. The Balaban J connectivity index is 1.75. The summed E-state index contributed by atoms with van der Waals surface area (Å²) in [5, 5.41) is 0. The van der Waals surface area contributed by atoms with Crippen molar-refractivity contribution in [3.8, 4) is 0 Å². The Morgan fingerprint density at radius 3 is 2.06 bits per heavy atom. The van der Waals surface area contributed by atoms with Crippen LogP contribution in [0.1, 0.15) is 84.0 Å². The minimum Gasteiger partial charge on any atom is -0.299 e. The summed E-state index contributed by atoms with van der Waals surface area (Å²) >= 11 is 0. The summed E-state index contributed by atoms with van der Waals surface area (Å²) < 4.78 is 0. The highest BCUT2D eigenvalue weighted by Gasteiger charge is 2.41. The lowest BCUT2D eigenvalue weighted by Gasteiger charge is -2.10. The number of carbonyl (C=O) groups excluding carboxylic acids is 1. The first-order valence-electron chi connectivity index (χ1n) is 8.30. The molecule has 1 nitrogen and oxygen atoms in total. The fraction of sp³-hybridized carbons (Fsp3) is 0.941. The van der Waals surface area contributed by atoms with Crippen molar-refractivity contribution in [1.82, 2.24) is 0 Å². The molecule has 1 heteroatoms. The fourth-order valence-corrected chi connectivity index (χ4v) is 3.52. The third-order valence-electron chi connectivity index (χ3n) is 4.91. The summed E-state index contributed by atoms with van der Waals surface area (Å²) in [6.45, 7) is 2.27. The average molecular weight is 250 g/mol. The molecule has 0 spiro atoms. The average Bonchev–Trinajstić information content (AvgIpc) is 3.10. The van der Waals surface area contributed by atoms with E-state index >= 15 is 0 Å². The monoisotopic (exact) mass is 250 g/mol. The summed E-state index contributed by atoms with van der Waals surface area (Å²) in [6.07, 6.45) is 15.8. The standard InChI is InChI=1S/C17H30O/c1-14-10-8-6-4-2-3-5-7-9-11-15-13-16(15)17(18)12-14/h14-16H,2-13H2,1H3/t14-,15-,16-/m0/s1. The van der Waals surface area contributed by atoms with Gasteiger partial charge in [-0.2, -0.15) is 0 Å². The van der Waals surface area contributed by atoms with Crippen LogP contribution < -0.4 is 0 Å². The van der Waals surface area contributed by atoms with Gasteiger partial charge in [-0.3, -0.25) is 4.79 Å². The molecule has 2 fully saturated rings. The maximum Gasteiger partial charge on any atom is 0.136 e. The Bertz CT molecular complexity index is 256. The molecule has 2 saturated carbocycles. The van der Waals surface area contributed by atoms with Gasteiger partial charge in [-0.1, -0.05) is 64.7 Å². The molecule has 18 heavy (non-hydrogen) atoms. The van der Waals surface area contributed by atoms with E-state index in [1.165, 1.54) is 70.6 Å².